The van der Waals surface area contributed by atoms with Crippen molar-refractivity contribution < 1.29 is 14.2 Å². The van der Waals surface area contributed by atoms with Crippen molar-refractivity contribution >= 4 is 5.96 Å². The van der Waals surface area contributed by atoms with Crippen molar-refractivity contribution in [3.8, 4) is 5.75 Å². The molecule has 1 unspecified atom stereocenters. The van der Waals surface area contributed by atoms with Crippen LogP contribution in [0, 0.1) is 11.7 Å². The zero-order chi connectivity index (χ0) is 15.8. The molecule has 1 fully saturated rings. The highest BCUT2D eigenvalue weighted by Crippen LogP contribution is 2.27. The largest absolute Gasteiger partial charge is 0.491 e. The Bertz CT molecular complexity index is 475. The SMILES string of the molecule is CCNC(=NCC(O)COc1ccc(F)cc1)NCC1CC1. The summed E-state index contributed by atoms with van der Waals surface area (Å²) in [6.45, 7) is 4.08. The minimum atomic E-state index is -0.707. The minimum absolute atomic E-state index is 0.122. The summed E-state index contributed by atoms with van der Waals surface area (Å²) in [4.78, 5) is 4.34. The number of hydrogen-bond acceptors (Lipinski definition) is 3. The summed E-state index contributed by atoms with van der Waals surface area (Å²) in [6, 6.07) is 5.72. The molecule has 2 rings (SSSR count). The lowest BCUT2D eigenvalue weighted by Gasteiger charge is -2.13. The molecule has 0 bridgehead atoms. The first-order valence-electron chi connectivity index (χ1n) is 7.76. The van der Waals surface area contributed by atoms with Crippen molar-refractivity contribution in [3.05, 3.63) is 30.1 Å². The van der Waals surface area contributed by atoms with E-state index in [1.165, 1.54) is 37.1 Å². The zero-order valence-electron chi connectivity index (χ0n) is 12.9. The zero-order valence-corrected chi connectivity index (χ0v) is 12.9. The van der Waals surface area contributed by atoms with Gasteiger partial charge in [-0.3, -0.25) is 4.99 Å². The third-order valence-electron chi connectivity index (χ3n) is 3.32. The lowest BCUT2D eigenvalue weighted by Crippen LogP contribution is -2.39. The lowest BCUT2D eigenvalue weighted by atomic mass is 10.3. The van der Waals surface area contributed by atoms with Gasteiger partial charge in [-0.2, -0.15) is 0 Å². The number of aliphatic hydroxyl groups excluding tert-OH is 1. The molecule has 0 radical (unpaired) electrons. The predicted molar refractivity (Wildman–Crippen MR) is 84.6 cm³/mol. The molecule has 1 aliphatic carbocycles. The number of guanidine groups is 1. The molecule has 1 saturated carbocycles. The molecule has 0 heterocycles. The average molecular weight is 309 g/mol. The fourth-order valence-corrected chi connectivity index (χ4v) is 1.88. The van der Waals surface area contributed by atoms with Gasteiger partial charge in [0.25, 0.3) is 0 Å². The van der Waals surface area contributed by atoms with E-state index in [-0.39, 0.29) is 19.0 Å². The van der Waals surface area contributed by atoms with Gasteiger partial charge in [0.2, 0.25) is 0 Å². The van der Waals surface area contributed by atoms with E-state index in [0.717, 1.165) is 25.0 Å². The first-order valence-corrected chi connectivity index (χ1v) is 7.76. The molecule has 3 N–H and O–H groups in total. The summed E-state index contributed by atoms with van der Waals surface area (Å²) in [6.07, 6.45) is 1.85. The summed E-state index contributed by atoms with van der Waals surface area (Å²) < 4.78 is 18.2. The highest BCUT2D eigenvalue weighted by atomic mass is 19.1. The highest BCUT2D eigenvalue weighted by Gasteiger charge is 2.21. The lowest BCUT2D eigenvalue weighted by molar-refractivity contribution is 0.114. The maximum absolute atomic E-state index is 12.8. The topological polar surface area (TPSA) is 65.9 Å². The van der Waals surface area contributed by atoms with Gasteiger partial charge in [-0.15, -0.1) is 0 Å². The number of aliphatic imine (C=N–C) groups is 1. The molecule has 1 atom stereocenters. The fourth-order valence-electron chi connectivity index (χ4n) is 1.88. The first kappa shape index (κ1) is 16.5. The smallest absolute Gasteiger partial charge is 0.191 e. The third-order valence-corrected chi connectivity index (χ3v) is 3.32. The molecule has 0 aromatic heterocycles. The number of nitrogens with zero attached hydrogens (tertiary/aromatic N) is 1. The Kier molecular flexibility index (Phi) is 6.45. The molecule has 1 aromatic carbocycles. The van der Waals surface area contributed by atoms with Crippen LogP contribution in [0.25, 0.3) is 0 Å². The van der Waals surface area contributed by atoms with E-state index in [4.69, 9.17) is 4.74 Å². The molecule has 5 nitrogen and oxygen atoms in total. The quantitative estimate of drug-likeness (QED) is 0.503. The van der Waals surface area contributed by atoms with Crippen LogP contribution in [-0.2, 0) is 0 Å². The van der Waals surface area contributed by atoms with Gasteiger partial charge in [-0.1, -0.05) is 0 Å². The van der Waals surface area contributed by atoms with E-state index in [2.05, 4.69) is 15.6 Å². The minimum Gasteiger partial charge on any atom is -0.491 e. The van der Waals surface area contributed by atoms with Gasteiger partial charge in [-0.25, -0.2) is 4.39 Å². The van der Waals surface area contributed by atoms with Gasteiger partial charge in [-0.05, 0) is 49.9 Å². The van der Waals surface area contributed by atoms with Crippen molar-refractivity contribution in [2.75, 3.05) is 26.2 Å². The van der Waals surface area contributed by atoms with Gasteiger partial charge >= 0.3 is 0 Å². The number of rotatable bonds is 8. The predicted octanol–water partition coefficient (Wildman–Crippen LogP) is 1.53. The molecular weight excluding hydrogens is 285 g/mol. The maximum atomic E-state index is 12.8. The first-order chi connectivity index (χ1) is 10.7. The van der Waals surface area contributed by atoms with E-state index >= 15 is 0 Å². The Labute approximate surface area is 130 Å². The number of ether oxygens (including phenoxy) is 1. The van der Waals surface area contributed by atoms with Crippen LogP contribution in [0.1, 0.15) is 19.8 Å². The van der Waals surface area contributed by atoms with Gasteiger partial charge in [0.1, 0.15) is 24.3 Å². The van der Waals surface area contributed by atoms with Crippen molar-refractivity contribution in [3.63, 3.8) is 0 Å². The van der Waals surface area contributed by atoms with E-state index in [1.807, 2.05) is 6.92 Å². The molecule has 0 aliphatic heterocycles. The second-order valence-electron chi connectivity index (χ2n) is 5.46. The van der Waals surface area contributed by atoms with E-state index < -0.39 is 6.10 Å². The number of benzene rings is 1. The molecule has 1 aliphatic rings. The van der Waals surface area contributed by atoms with Gasteiger partial charge < -0.3 is 20.5 Å². The van der Waals surface area contributed by atoms with E-state index in [0.29, 0.717) is 5.75 Å². The van der Waals surface area contributed by atoms with Crippen LogP contribution < -0.4 is 15.4 Å². The van der Waals surface area contributed by atoms with Crippen LogP contribution in [0.5, 0.6) is 5.75 Å². The monoisotopic (exact) mass is 309 g/mol. The summed E-state index contributed by atoms with van der Waals surface area (Å²) in [5.41, 5.74) is 0. The van der Waals surface area contributed by atoms with Crippen molar-refractivity contribution in [2.24, 2.45) is 10.9 Å². The maximum Gasteiger partial charge on any atom is 0.191 e. The number of nitrogens with one attached hydrogen (secondary N) is 2. The van der Waals surface area contributed by atoms with Gasteiger partial charge in [0.05, 0.1) is 6.54 Å². The van der Waals surface area contributed by atoms with Crippen molar-refractivity contribution in [1.82, 2.24) is 10.6 Å². The van der Waals surface area contributed by atoms with Crippen LogP contribution in [0.15, 0.2) is 29.3 Å². The summed E-state index contributed by atoms with van der Waals surface area (Å²) in [7, 11) is 0. The molecule has 0 spiro atoms. The van der Waals surface area contributed by atoms with Gasteiger partial charge in [0.15, 0.2) is 5.96 Å². The van der Waals surface area contributed by atoms with Gasteiger partial charge in [0, 0.05) is 13.1 Å². The Hall–Kier alpha value is -1.82. The van der Waals surface area contributed by atoms with E-state index in [1.54, 1.807) is 0 Å². The second-order valence-corrected chi connectivity index (χ2v) is 5.46. The van der Waals surface area contributed by atoms with Crippen LogP contribution in [0.3, 0.4) is 0 Å². The van der Waals surface area contributed by atoms with Crippen molar-refractivity contribution in [2.45, 2.75) is 25.9 Å². The summed E-state index contributed by atoms with van der Waals surface area (Å²) in [5.74, 6) is 1.70. The summed E-state index contributed by atoms with van der Waals surface area (Å²) in [5, 5.41) is 16.3. The Morgan fingerprint density at radius 1 is 1.36 bits per heavy atom. The number of hydrogen-bond donors (Lipinski definition) is 3. The Balaban J connectivity index is 1.72. The third kappa shape index (κ3) is 6.30. The van der Waals surface area contributed by atoms with Crippen LogP contribution >= 0.6 is 0 Å². The molecule has 1 aromatic rings. The molecule has 122 valence electrons. The Morgan fingerprint density at radius 3 is 2.73 bits per heavy atom. The standard InChI is InChI=1S/C16H24FN3O2/c1-2-18-16(19-9-12-3-4-12)20-10-14(21)11-22-15-7-5-13(17)6-8-15/h5-8,12,14,21H,2-4,9-11H2,1H3,(H2,18,19,20). The van der Waals surface area contributed by atoms with E-state index in [9.17, 15) is 9.50 Å². The normalized spacial score (nSPS) is 16.2. The van der Waals surface area contributed by atoms with Crippen molar-refractivity contribution in [1.29, 1.82) is 0 Å². The molecule has 0 saturated heterocycles. The second kappa shape index (κ2) is 8.58. The number of aliphatic hydroxyl groups is 1. The average Bonchev–Trinajstić information content (AvgIpc) is 3.34. The fraction of sp³-hybridized carbons (Fsp3) is 0.562. The van der Waals surface area contributed by atoms with Crippen LogP contribution in [0.2, 0.25) is 0 Å². The number of halogens is 1. The molecule has 22 heavy (non-hydrogen) atoms. The highest BCUT2D eigenvalue weighted by molar-refractivity contribution is 5.79. The molecule has 0 amide bonds. The molecular formula is C16H24FN3O2. The molecule has 6 heteroatoms. The summed E-state index contributed by atoms with van der Waals surface area (Å²) >= 11 is 0. The van der Waals surface area contributed by atoms with Crippen LogP contribution in [-0.4, -0.2) is 43.4 Å². The van der Waals surface area contributed by atoms with Crippen LogP contribution in [0.4, 0.5) is 4.39 Å². The Morgan fingerprint density at radius 2 is 2.09 bits per heavy atom.